The molecule has 0 aromatic heterocycles. The normalized spacial score (nSPS) is 28.6. The summed E-state index contributed by atoms with van der Waals surface area (Å²) in [5.74, 6) is -36.4. The van der Waals surface area contributed by atoms with Gasteiger partial charge in [0.05, 0.1) is 6.10 Å². The molecule has 0 bridgehead atoms. The molecule has 0 saturated heterocycles. The quantitative estimate of drug-likeness (QED) is 0.122. The molecule has 0 aliphatic heterocycles. The van der Waals surface area contributed by atoms with Gasteiger partial charge in [0.1, 0.15) is 11.9 Å². The third-order valence-corrected chi connectivity index (χ3v) is 12.2. The summed E-state index contributed by atoms with van der Waals surface area (Å²) in [6, 6.07) is 5.13. The summed E-state index contributed by atoms with van der Waals surface area (Å²) >= 11 is 0. The Kier molecular flexibility index (Phi) is 12.8. The van der Waals surface area contributed by atoms with Crippen LogP contribution in [0.5, 0.6) is 5.75 Å². The number of rotatable bonds is 17. The zero-order valence-electron chi connectivity index (χ0n) is 29.4. The Morgan fingerprint density at radius 3 is 1.92 bits per heavy atom. The molecular formula is C36H47F14NO2. The molecule has 0 radical (unpaired) electrons. The van der Waals surface area contributed by atoms with Crippen molar-refractivity contribution in [2.45, 2.75) is 144 Å². The van der Waals surface area contributed by atoms with Crippen molar-refractivity contribution in [1.82, 2.24) is 4.90 Å². The number of benzene rings is 1. The fourth-order valence-electron chi connectivity index (χ4n) is 9.15. The minimum absolute atomic E-state index is 0.0587. The van der Waals surface area contributed by atoms with E-state index in [1.807, 2.05) is 17.9 Å². The van der Waals surface area contributed by atoms with E-state index in [4.69, 9.17) is 0 Å². The molecule has 0 spiro atoms. The van der Waals surface area contributed by atoms with Gasteiger partial charge in [0.15, 0.2) is 0 Å². The first-order valence-electron chi connectivity index (χ1n) is 18.0. The van der Waals surface area contributed by atoms with Crippen molar-refractivity contribution in [3.05, 3.63) is 29.3 Å². The Balaban J connectivity index is 1.20. The first-order valence-corrected chi connectivity index (χ1v) is 18.0. The van der Waals surface area contributed by atoms with Crippen molar-refractivity contribution in [3.63, 3.8) is 0 Å². The van der Waals surface area contributed by atoms with E-state index in [0.29, 0.717) is 38.8 Å². The summed E-state index contributed by atoms with van der Waals surface area (Å²) in [6.45, 7) is 3.05. The Bertz CT molecular complexity index is 1390. The average Bonchev–Trinajstić information content (AvgIpc) is 3.33. The molecule has 3 aliphatic rings. The summed E-state index contributed by atoms with van der Waals surface area (Å²) < 4.78 is 189. The highest BCUT2D eigenvalue weighted by Gasteiger charge is 2.90. The number of hydrogen-bond donors (Lipinski definition) is 2. The van der Waals surface area contributed by atoms with Crippen LogP contribution >= 0.6 is 0 Å². The van der Waals surface area contributed by atoms with Gasteiger partial charge in [0, 0.05) is 12.3 Å². The lowest BCUT2D eigenvalue weighted by atomic mass is 9.51. The highest BCUT2D eigenvalue weighted by atomic mass is 19.4. The second-order valence-electron chi connectivity index (χ2n) is 15.7. The van der Waals surface area contributed by atoms with Crippen LogP contribution < -0.4 is 0 Å². The Morgan fingerprint density at radius 2 is 1.32 bits per heavy atom. The second-order valence-corrected chi connectivity index (χ2v) is 15.7. The predicted octanol–water partition coefficient (Wildman–Crippen LogP) is 11.0. The zero-order chi connectivity index (χ0) is 40.0. The minimum atomic E-state index is -7.87. The number of aromatic hydroxyl groups is 1. The first kappa shape index (κ1) is 43.7. The van der Waals surface area contributed by atoms with Gasteiger partial charge in [-0.2, -0.15) is 57.1 Å². The van der Waals surface area contributed by atoms with E-state index < -0.39 is 66.3 Å². The second kappa shape index (κ2) is 15.5. The summed E-state index contributed by atoms with van der Waals surface area (Å²) in [5, 5.41) is 20.9. The lowest BCUT2D eigenvalue weighted by molar-refractivity contribution is -0.440. The lowest BCUT2D eigenvalue weighted by Crippen LogP contribution is -2.70. The molecule has 53 heavy (non-hydrogen) atoms. The largest absolute Gasteiger partial charge is 0.508 e. The summed E-state index contributed by atoms with van der Waals surface area (Å²) in [5.41, 5.74) is 1.39. The number of halogens is 14. The van der Waals surface area contributed by atoms with E-state index in [9.17, 15) is 67.3 Å². The SMILES string of the molecule is CN(CCCCCCC(F)(F)C(F)(F)C(F)(F)C(F)(F)C(F)(F)C(F)(F)F)CCCCC[C@@H]1Cc2cc(O)ccc2[C@@H]2[C@@H]1[C@@H]1CC[C@H](O)[C@@]1(C)C[C@@H]2F. The molecule has 4 rings (SSSR count). The van der Waals surface area contributed by atoms with Crippen LogP contribution in [0, 0.1) is 23.2 Å². The molecular weight excluding hydrogens is 744 g/mol. The number of phenolic OH excluding ortho intramolecular Hbond substituents is 1. The number of nitrogens with zero attached hydrogens (tertiary/aromatic N) is 1. The molecule has 2 saturated carbocycles. The van der Waals surface area contributed by atoms with Gasteiger partial charge in [-0.1, -0.05) is 38.7 Å². The molecule has 1 aromatic rings. The average molecular weight is 792 g/mol. The maximum absolute atomic E-state index is 15.9. The number of aliphatic hydroxyl groups is 1. The van der Waals surface area contributed by atoms with Crippen LogP contribution in [0.4, 0.5) is 61.5 Å². The summed E-state index contributed by atoms with van der Waals surface area (Å²) in [4.78, 5) is 1.92. The molecule has 0 heterocycles. The van der Waals surface area contributed by atoms with Crippen LogP contribution in [-0.2, 0) is 6.42 Å². The van der Waals surface area contributed by atoms with Crippen molar-refractivity contribution in [1.29, 1.82) is 0 Å². The number of aliphatic hydroxyl groups excluding tert-OH is 1. The number of alkyl halides is 14. The Labute approximate surface area is 299 Å². The highest BCUT2D eigenvalue weighted by Crippen LogP contribution is 2.64. The fraction of sp³-hybridized carbons (Fsp3) is 0.833. The van der Waals surface area contributed by atoms with E-state index in [1.165, 1.54) is 0 Å². The first-order chi connectivity index (χ1) is 24.2. The monoisotopic (exact) mass is 791 g/mol. The van der Waals surface area contributed by atoms with Crippen LogP contribution in [-0.4, -0.2) is 83.3 Å². The van der Waals surface area contributed by atoms with Crippen molar-refractivity contribution in [3.8, 4) is 5.75 Å². The van der Waals surface area contributed by atoms with Crippen molar-refractivity contribution < 1.29 is 71.7 Å². The van der Waals surface area contributed by atoms with Crippen LogP contribution in [0.1, 0.15) is 101 Å². The van der Waals surface area contributed by atoms with Gasteiger partial charge < -0.3 is 15.1 Å². The Morgan fingerprint density at radius 1 is 0.755 bits per heavy atom. The van der Waals surface area contributed by atoms with E-state index in [2.05, 4.69) is 0 Å². The summed E-state index contributed by atoms with van der Waals surface area (Å²) in [7, 11) is 1.78. The third-order valence-electron chi connectivity index (χ3n) is 12.2. The molecule has 7 atom stereocenters. The predicted molar refractivity (Wildman–Crippen MR) is 168 cm³/mol. The van der Waals surface area contributed by atoms with E-state index >= 15 is 4.39 Å². The van der Waals surface area contributed by atoms with Crippen LogP contribution in [0.3, 0.4) is 0 Å². The van der Waals surface area contributed by atoms with Crippen LogP contribution in [0.2, 0.25) is 0 Å². The van der Waals surface area contributed by atoms with Gasteiger partial charge in [-0.05, 0) is 118 Å². The van der Waals surface area contributed by atoms with Crippen molar-refractivity contribution >= 4 is 0 Å². The van der Waals surface area contributed by atoms with Gasteiger partial charge in [0.2, 0.25) is 0 Å². The summed E-state index contributed by atoms with van der Waals surface area (Å²) in [6.07, 6.45) is -6.22. The molecule has 1 aromatic carbocycles. The van der Waals surface area contributed by atoms with Crippen LogP contribution in [0.15, 0.2) is 18.2 Å². The van der Waals surface area contributed by atoms with Crippen LogP contribution in [0.25, 0.3) is 0 Å². The molecule has 2 fully saturated rings. The Hall–Kier alpha value is -2.04. The third kappa shape index (κ3) is 7.99. The number of hydrogen-bond acceptors (Lipinski definition) is 3. The number of unbranched alkanes of at least 4 members (excludes halogenated alkanes) is 5. The van der Waals surface area contributed by atoms with E-state index in [0.717, 1.165) is 43.2 Å². The minimum Gasteiger partial charge on any atom is -0.508 e. The standard InChI is InChI=1S/C36H47F14NO2/c1-30-20-26(37)29-24-12-11-23(52)19-22(24)18-21(28(29)25(30)13-14-27(30)53)10-6-5-9-17-51(2)16-8-4-3-7-15-31(38,39)32(40,41)33(42,43)34(44,45)35(46,47)36(48,49)50/h11-12,19,21,25-29,52-53H,3-10,13-18,20H2,1-2H3/t21-,25+,26+,27+,28+,29+,30+/m1/s1. The van der Waals surface area contributed by atoms with Gasteiger partial charge in [-0.15, -0.1) is 0 Å². The fourth-order valence-corrected chi connectivity index (χ4v) is 9.15. The molecule has 3 nitrogen and oxygen atoms in total. The molecule has 17 heteroatoms. The highest BCUT2D eigenvalue weighted by molar-refractivity contribution is 5.41. The smallest absolute Gasteiger partial charge is 0.460 e. The topological polar surface area (TPSA) is 43.7 Å². The molecule has 3 aliphatic carbocycles. The van der Waals surface area contributed by atoms with Crippen molar-refractivity contribution in [2.75, 3.05) is 20.1 Å². The molecule has 0 amide bonds. The van der Waals surface area contributed by atoms with Gasteiger partial charge in [0.25, 0.3) is 0 Å². The molecule has 2 N–H and O–H groups in total. The van der Waals surface area contributed by atoms with Crippen molar-refractivity contribution in [2.24, 2.45) is 23.2 Å². The van der Waals surface area contributed by atoms with E-state index in [-0.39, 0.29) is 42.3 Å². The van der Waals surface area contributed by atoms with Gasteiger partial charge in [-0.25, -0.2) is 4.39 Å². The maximum atomic E-state index is 15.9. The number of phenols is 1. The number of fused-ring (bicyclic) bond motifs is 5. The van der Waals surface area contributed by atoms with E-state index in [1.54, 1.807) is 19.2 Å². The lowest BCUT2D eigenvalue weighted by Gasteiger charge is -2.54. The maximum Gasteiger partial charge on any atom is 0.460 e. The zero-order valence-corrected chi connectivity index (χ0v) is 29.4. The van der Waals surface area contributed by atoms with Gasteiger partial charge >= 0.3 is 35.8 Å². The van der Waals surface area contributed by atoms with Gasteiger partial charge in [-0.3, -0.25) is 0 Å². The molecule has 306 valence electrons. The molecule has 0 unspecified atom stereocenters.